The van der Waals surface area contributed by atoms with E-state index in [1.165, 1.54) is 0 Å². The lowest BCUT2D eigenvalue weighted by Gasteiger charge is -2.26. The minimum Gasteiger partial charge on any atom is -0.482 e. The number of halogens is 1. The normalized spacial score (nSPS) is 14.2. The number of rotatable bonds is 6. The molecule has 3 nitrogen and oxygen atoms in total. The van der Waals surface area contributed by atoms with Crippen LogP contribution in [0, 0.1) is 5.92 Å². The van der Waals surface area contributed by atoms with E-state index < -0.39 is 0 Å². The molecule has 2 unspecified atom stereocenters. The molecule has 0 N–H and O–H groups in total. The van der Waals surface area contributed by atoms with E-state index in [9.17, 15) is 0 Å². The van der Waals surface area contributed by atoms with Crippen molar-refractivity contribution in [2.45, 2.75) is 13.0 Å². The third kappa shape index (κ3) is 4.02. The number of hydrogen-bond acceptors (Lipinski definition) is 3. The van der Waals surface area contributed by atoms with Crippen LogP contribution in [-0.4, -0.2) is 25.5 Å². The lowest BCUT2D eigenvalue weighted by atomic mass is 10.0. The molecule has 0 saturated heterocycles. The Balaban J connectivity index is 2.19. The molecule has 108 valence electrons. The van der Waals surface area contributed by atoms with Crippen molar-refractivity contribution in [1.82, 2.24) is 4.90 Å². The van der Waals surface area contributed by atoms with Crippen molar-refractivity contribution in [3.63, 3.8) is 0 Å². The highest BCUT2D eigenvalue weighted by Crippen LogP contribution is 2.30. The summed E-state index contributed by atoms with van der Waals surface area (Å²) in [5.41, 5.74) is 0. The van der Waals surface area contributed by atoms with Crippen LogP contribution in [0.15, 0.2) is 47.1 Å². The predicted molar refractivity (Wildman–Crippen MR) is 81.2 cm³/mol. The molecule has 4 heteroatoms. The van der Waals surface area contributed by atoms with E-state index in [1.54, 1.807) is 6.26 Å². The fraction of sp³-hybridized carbons (Fsp3) is 0.375. The van der Waals surface area contributed by atoms with Crippen LogP contribution in [-0.2, 0) is 0 Å². The maximum absolute atomic E-state index is 6.10. The maximum atomic E-state index is 6.10. The van der Waals surface area contributed by atoms with Gasteiger partial charge in [-0.25, -0.2) is 0 Å². The van der Waals surface area contributed by atoms with E-state index in [-0.39, 0.29) is 12.0 Å². The number of furan rings is 1. The fourth-order valence-corrected chi connectivity index (χ4v) is 2.45. The Bertz CT molecular complexity index is 525. The molecule has 0 saturated carbocycles. The van der Waals surface area contributed by atoms with Crippen LogP contribution in [0.25, 0.3) is 0 Å². The zero-order valence-corrected chi connectivity index (χ0v) is 12.8. The van der Waals surface area contributed by atoms with E-state index in [2.05, 4.69) is 25.9 Å². The first-order valence-corrected chi connectivity index (χ1v) is 7.04. The van der Waals surface area contributed by atoms with E-state index in [0.717, 1.165) is 18.1 Å². The second-order valence-corrected chi connectivity index (χ2v) is 5.69. The number of ether oxygens (including phenoxy) is 1. The second kappa shape index (κ2) is 6.82. The molecule has 2 aromatic rings. The van der Waals surface area contributed by atoms with Crippen LogP contribution in [0.1, 0.15) is 18.8 Å². The maximum Gasteiger partial charge on any atom is 0.160 e. The molecule has 0 bridgehead atoms. The smallest absolute Gasteiger partial charge is 0.160 e. The first kappa shape index (κ1) is 14.9. The van der Waals surface area contributed by atoms with Gasteiger partial charge in [0.15, 0.2) is 6.10 Å². The third-order valence-corrected chi connectivity index (χ3v) is 3.29. The highest BCUT2D eigenvalue weighted by atomic mass is 35.5. The Morgan fingerprint density at radius 3 is 2.65 bits per heavy atom. The predicted octanol–water partition coefficient (Wildman–Crippen LogP) is 4.25. The Hall–Kier alpha value is -1.45. The van der Waals surface area contributed by atoms with Gasteiger partial charge in [0.05, 0.1) is 6.26 Å². The molecule has 20 heavy (non-hydrogen) atoms. The SMILES string of the molecule is CC(CN(C)C)C(Oc1cccc(Cl)c1)c1ccco1. The Morgan fingerprint density at radius 1 is 1.25 bits per heavy atom. The first-order chi connectivity index (χ1) is 9.56. The van der Waals surface area contributed by atoms with Crippen molar-refractivity contribution in [2.24, 2.45) is 5.92 Å². The van der Waals surface area contributed by atoms with E-state index in [4.69, 9.17) is 20.8 Å². The summed E-state index contributed by atoms with van der Waals surface area (Å²) in [5, 5.41) is 0.668. The zero-order chi connectivity index (χ0) is 14.5. The molecule has 1 aromatic carbocycles. The second-order valence-electron chi connectivity index (χ2n) is 5.25. The van der Waals surface area contributed by atoms with E-state index in [0.29, 0.717) is 5.02 Å². The number of nitrogens with zero attached hydrogens (tertiary/aromatic N) is 1. The van der Waals surface area contributed by atoms with Gasteiger partial charge in [-0.2, -0.15) is 0 Å². The van der Waals surface area contributed by atoms with Gasteiger partial charge in [0.1, 0.15) is 11.5 Å². The Labute approximate surface area is 125 Å². The molecule has 0 spiro atoms. The lowest BCUT2D eigenvalue weighted by Crippen LogP contribution is -2.27. The molecule has 2 atom stereocenters. The standard InChI is InChI=1S/C16H20ClNO2/c1-12(11-18(2)3)16(15-8-5-9-19-15)20-14-7-4-6-13(17)10-14/h4-10,12,16H,11H2,1-3H3. The molecule has 1 aromatic heterocycles. The summed E-state index contributed by atoms with van der Waals surface area (Å²) in [4.78, 5) is 2.14. The lowest BCUT2D eigenvalue weighted by molar-refractivity contribution is 0.103. The molecule has 1 heterocycles. The fourth-order valence-electron chi connectivity index (χ4n) is 2.27. The summed E-state index contributed by atoms with van der Waals surface area (Å²) < 4.78 is 11.6. The van der Waals surface area contributed by atoms with Gasteiger partial charge < -0.3 is 14.1 Å². The van der Waals surface area contributed by atoms with Gasteiger partial charge in [-0.15, -0.1) is 0 Å². The minimum atomic E-state index is -0.133. The van der Waals surface area contributed by atoms with E-state index >= 15 is 0 Å². The van der Waals surface area contributed by atoms with Gasteiger partial charge in [-0.3, -0.25) is 0 Å². The van der Waals surface area contributed by atoms with Crippen LogP contribution in [0.3, 0.4) is 0 Å². The van der Waals surface area contributed by atoms with Crippen LogP contribution >= 0.6 is 11.6 Å². The van der Waals surface area contributed by atoms with Gasteiger partial charge in [0, 0.05) is 17.5 Å². The quantitative estimate of drug-likeness (QED) is 0.796. The van der Waals surface area contributed by atoms with Crippen molar-refractivity contribution in [3.05, 3.63) is 53.4 Å². The number of hydrogen-bond donors (Lipinski definition) is 0. The van der Waals surface area contributed by atoms with E-state index in [1.807, 2.05) is 36.4 Å². The summed E-state index contributed by atoms with van der Waals surface area (Å²) >= 11 is 6.01. The minimum absolute atomic E-state index is 0.133. The topological polar surface area (TPSA) is 25.6 Å². The summed E-state index contributed by atoms with van der Waals surface area (Å²) in [7, 11) is 4.10. The summed E-state index contributed by atoms with van der Waals surface area (Å²) in [5.74, 6) is 1.87. The van der Waals surface area contributed by atoms with Gasteiger partial charge in [0.2, 0.25) is 0 Å². The summed E-state index contributed by atoms with van der Waals surface area (Å²) in [6.07, 6.45) is 1.54. The largest absolute Gasteiger partial charge is 0.482 e. The van der Waals surface area contributed by atoms with Crippen molar-refractivity contribution in [3.8, 4) is 5.75 Å². The molecule has 0 radical (unpaired) electrons. The van der Waals surface area contributed by atoms with Crippen molar-refractivity contribution in [1.29, 1.82) is 0 Å². The van der Waals surface area contributed by atoms with Gasteiger partial charge in [-0.1, -0.05) is 24.6 Å². The monoisotopic (exact) mass is 293 g/mol. The van der Waals surface area contributed by atoms with Crippen LogP contribution in [0.5, 0.6) is 5.75 Å². The molecule has 0 aliphatic carbocycles. The molecule has 0 amide bonds. The molecule has 0 fully saturated rings. The average Bonchev–Trinajstić information content (AvgIpc) is 2.88. The Morgan fingerprint density at radius 2 is 2.05 bits per heavy atom. The van der Waals surface area contributed by atoms with Crippen molar-refractivity contribution in [2.75, 3.05) is 20.6 Å². The van der Waals surface area contributed by atoms with Gasteiger partial charge in [0.25, 0.3) is 0 Å². The zero-order valence-electron chi connectivity index (χ0n) is 12.0. The van der Waals surface area contributed by atoms with Crippen molar-refractivity contribution < 1.29 is 9.15 Å². The number of benzene rings is 1. The average molecular weight is 294 g/mol. The van der Waals surface area contributed by atoms with Gasteiger partial charge >= 0.3 is 0 Å². The summed E-state index contributed by atoms with van der Waals surface area (Å²) in [6, 6.07) is 11.3. The van der Waals surface area contributed by atoms with Crippen LogP contribution in [0.2, 0.25) is 5.02 Å². The highest BCUT2D eigenvalue weighted by molar-refractivity contribution is 6.30. The van der Waals surface area contributed by atoms with Gasteiger partial charge in [-0.05, 0) is 44.4 Å². The Kier molecular flexibility index (Phi) is 5.10. The van der Waals surface area contributed by atoms with Crippen LogP contribution in [0.4, 0.5) is 0 Å². The molecule has 2 rings (SSSR count). The molecule has 0 aliphatic heterocycles. The van der Waals surface area contributed by atoms with Crippen LogP contribution < -0.4 is 4.74 Å². The molecule has 0 aliphatic rings. The first-order valence-electron chi connectivity index (χ1n) is 6.66. The molecular formula is C16H20ClNO2. The molecular weight excluding hydrogens is 274 g/mol. The third-order valence-electron chi connectivity index (χ3n) is 3.05. The summed E-state index contributed by atoms with van der Waals surface area (Å²) in [6.45, 7) is 3.06. The highest BCUT2D eigenvalue weighted by Gasteiger charge is 2.24. The van der Waals surface area contributed by atoms with Crippen molar-refractivity contribution >= 4 is 11.6 Å².